The molecule has 0 aliphatic carbocycles. The highest BCUT2D eigenvalue weighted by molar-refractivity contribution is 6.17. The molecule has 1 aromatic heterocycles. The van der Waals surface area contributed by atoms with Gasteiger partial charge in [-0.15, -0.1) is 0 Å². The molecule has 0 saturated heterocycles. The Morgan fingerprint density at radius 2 is 1.66 bits per heavy atom. The predicted octanol–water partition coefficient (Wildman–Crippen LogP) is 7.56. The number of aryl methyl sites for hydroxylation is 3. The van der Waals surface area contributed by atoms with Gasteiger partial charge in [0.25, 0.3) is 0 Å². The summed E-state index contributed by atoms with van der Waals surface area (Å²) in [6.07, 6.45) is 3.20. The lowest BCUT2D eigenvalue weighted by Gasteiger charge is -2.26. The van der Waals surface area contributed by atoms with Crippen molar-refractivity contribution in [2.75, 3.05) is 0 Å². The van der Waals surface area contributed by atoms with E-state index in [0.29, 0.717) is 5.92 Å². The first kappa shape index (κ1) is 19.3. The zero-order valence-corrected chi connectivity index (χ0v) is 19.4. The van der Waals surface area contributed by atoms with Crippen molar-refractivity contribution < 1.29 is 9.30 Å². The molecule has 6 rings (SSSR count). The number of aromatic nitrogens is 1. The Balaban J connectivity index is 1.84. The van der Waals surface area contributed by atoms with Crippen LogP contribution in [0.15, 0.2) is 60.8 Å². The molecule has 32 heavy (non-hydrogen) atoms. The third kappa shape index (κ3) is 2.56. The summed E-state index contributed by atoms with van der Waals surface area (Å²) in [5.41, 5.74) is 6.42. The topological polar surface area (TPSA) is 13.1 Å². The second-order valence-corrected chi connectivity index (χ2v) is 9.66. The van der Waals surface area contributed by atoms with Crippen LogP contribution in [0.5, 0.6) is 11.5 Å². The van der Waals surface area contributed by atoms with E-state index in [2.05, 4.69) is 100 Å². The summed E-state index contributed by atoms with van der Waals surface area (Å²) >= 11 is 0. The van der Waals surface area contributed by atoms with Gasteiger partial charge in [0.1, 0.15) is 18.5 Å². The maximum atomic E-state index is 6.86. The van der Waals surface area contributed by atoms with Crippen molar-refractivity contribution >= 4 is 32.3 Å². The highest BCUT2D eigenvalue weighted by Gasteiger charge is 2.33. The van der Waals surface area contributed by atoms with E-state index in [0.717, 1.165) is 17.9 Å². The molecule has 1 aliphatic rings. The molecule has 0 radical (unpaired) electrons. The van der Waals surface area contributed by atoms with E-state index < -0.39 is 0 Å². The molecule has 0 N–H and O–H groups in total. The van der Waals surface area contributed by atoms with Crippen molar-refractivity contribution in [3.63, 3.8) is 0 Å². The van der Waals surface area contributed by atoms with Gasteiger partial charge in [0.05, 0.1) is 10.9 Å². The van der Waals surface area contributed by atoms with Crippen LogP contribution in [0, 0.1) is 19.8 Å². The summed E-state index contributed by atoms with van der Waals surface area (Å²) in [5, 5.41) is 7.68. The van der Waals surface area contributed by atoms with Gasteiger partial charge in [0.2, 0.25) is 5.69 Å². The van der Waals surface area contributed by atoms with E-state index in [1.807, 2.05) is 0 Å². The minimum absolute atomic E-state index is 0.541. The molecule has 0 fully saturated rings. The molecule has 1 aliphatic heterocycles. The molecule has 4 aromatic carbocycles. The molecule has 0 atom stereocenters. The Bertz CT molecular complexity index is 1580. The summed E-state index contributed by atoms with van der Waals surface area (Å²) in [6, 6.07) is 19.8. The molecule has 0 saturated carbocycles. The monoisotopic (exact) mass is 418 g/mol. The fourth-order valence-corrected chi connectivity index (χ4v) is 5.65. The molecule has 0 bridgehead atoms. The molecule has 2 heteroatoms. The molecular weight excluding hydrogens is 390 g/mol. The maximum absolute atomic E-state index is 6.86. The van der Waals surface area contributed by atoms with Gasteiger partial charge in [0.15, 0.2) is 6.20 Å². The summed E-state index contributed by atoms with van der Waals surface area (Å²) < 4.78 is 9.14. The van der Waals surface area contributed by atoms with Crippen molar-refractivity contribution in [2.24, 2.45) is 13.0 Å². The van der Waals surface area contributed by atoms with Gasteiger partial charge < -0.3 is 4.74 Å². The number of hydrogen-bond acceptors (Lipinski definition) is 1. The average molecular weight is 419 g/mol. The van der Waals surface area contributed by atoms with Gasteiger partial charge in [-0.25, -0.2) is 4.57 Å². The Morgan fingerprint density at radius 1 is 0.875 bits per heavy atom. The minimum Gasteiger partial charge on any atom is -0.455 e. The maximum Gasteiger partial charge on any atom is 0.228 e. The van der Waals surface area contributed by atoms with Gasteiger partial charge >= 0.3 is 0 Å². The minimum atomic E-state index is 0.541. The van der Waals surface area contributed by atoms with E-state index >= 15 is 0 Å². The van der Waals surface area contributed by atoms with E-state index in [1.165, 1.54) is 60.3 Å². The van der Waals surface area contributed by atoms with Crippen LogP contribution in [0.1, 0.15) is 30.5 Å². The summed E-state index contributed by atoms with van der Waals surface area (Å²) in [4.78, 5) is 0. The summed E-state index contributed by atoms with van der Waals surface area (Å²) in [6.45, 7) is 9.03. The third-order valence-corrected chi connectivity index (χ3v) is 7.02. The molecule has 0 unspecified atom stereocenters. The molecule has 0 amide bonds. The van der Waals surface area contributed by atoms with Crippen molar-refractivity contribution in [2.45, 2.75) is 34.1 Å². The van der Waals surface area contributed by atoms with Crippen LogP contribution in [0.2, 0.25) is 0 Å². The number of nitrogens with zero attached hydrogens (tertiary/aromatic N) is 1. The smallest absolute Gasteiger partial charge is 0.228 e. The quantitative estimate of drug-likeness (QED) is 0.209. The van der Waals surface area contributed by atoms with Gasteiger partial charge in [-0.2, -0.15) is 0 Å². The Labute approximate surface area is 189 Å². The fourth-order valence-electron chi connectivity index (χ4n) is 5.65. The second-order valence-electron chi connectivity index (χ2n) is 9.66. The van der Waals surface area contributed by atoms with E-state index in [9.17, 15) is 0 Å². The lowest BCUT2D eigenvalue weighted by molar-refractivity contribution is -0.659. The Kier molecular flexibility index (Phi) is 4.10. The Hall–Kier alpha value is -3.39. The van der Waals surface area contributed by atoms with Crippen molar-refractivity contribution in [1.29, 1.82) is 0 Å². The van der Waals surface area contributed by atoms with Crippen LogP contribution in [0.3, 0.4) is 0 Å². The van der Waals surface area contributed by atoms with Gasteiger partial charge in [-0.3, -0.25) is 0 Å². The van der Waals surface area contributed by atoms with Crippen molar-refractivity contribution in [3.05, 3.63) is 77.5 Å². The third-order valence-electron chi connectivity index (χ3n) is 7.02. The van der Waals surface area contributed by atoms with Crippen LogP contribution in [-0.2, 0) is 13.5 Å². The average Bonchev–Trinajstić information content (AvgIpc) is 2.77. The second kappa shape index (κ2) is 6.80. The largest absolute Gasteiger partial charge is 0.455 e. The lowest BCUT2D eigenvalue weighted by atomic mass is 9.85. The van der Waals surface area contributed by atoms with Crippen LogP contribution < -0.4 is 9.30 Å². The van der Waals surface area contributed by atoms with Gasteiger partial charge in [0, 0.05) is 17.0 Å². The highest BCUT2D eigenvalue weighted by atomic mass is 16.5. The van der Waals surface area contributed by atoms with Gasteiger partial charge in [-0.1, -0.05) is 56.3 Å². The molecule has 2 nitrogen and oxygen atoms in total. The van der Waals surface area contributed by atoms with Gasteiger partial charge in [-0.05, 0) is 64.9 Å². The molecule has 0 spiro atoms. The Morgan fingerprint density at radius 3 is 2.44 bits per heavy atom. The lowest BCUT2D eigenvalue weighted by Crippen LogP contribution is -2.32. The highest BCUT2D eigenvalue weighted by Crippen LogP contribution is 2.52. The van der Waals surface area contributed by atoms with Crippen LogP contribution in [0.4, 0.5) is 0 Å². The van der Waals surface area contributed by atoms with Crippen LogP contribution in [-0.4, -0.2) is 0 Å². The van der Waals surface area contributed by atoms with Crippen molar-refractivity contribution in [1.82, 2.24) is 0 Å². The number of hydrogen-bond donors (Lipinski definition) is 0. The number of benzene rings is 4. The normalized spacial score (nSPS) is 12.6. The first-order valence-electron chi connectivity index (χ1n) is 11.5. The van der Waals surface area contributed by atoms with Crippen LogP contribution >= 0.6 is 0 Å². The SMILES string of the molecule is Cc1c2c(c(CC(C)C)c3ccccc13)Oc1cc3cccc(C)c3c3cc[n+](C)c-2c13. The summed E-state index contributed by atoms with van der Waals surface area (Å²) in [5.74, 6) is 2.55. The standard InChI is InChI=1S/C30H28NO/c1-17(2)15-24-22-12-7-6-11-21(22)19(4)27-29-28-23(13-14-31(29)5)26-18(3)9-8-10-20(26)16-25(28)32-30(24)27/h6-14,16-17H,15H2,1-5H3/q+1. The van der Waals surface area contributed by atoms with Crippen LogP contribution in [0.25, 0.3) is 43.6 Å². The first-order chi connectivity index (χ1) is 15.5. The molecular formula is C30H28NO+. The van der Waals surface area contributed by atoms with Crippen molar-refractivity contribution in [3.8, 4) is 22.8 Å². The number of pyridine rings is 1. The zero-order valence-electron chi connectivity index (χ0n) is 19.4. The number of rotatable bonds is 2. The predicted molar refractivity (Wildman–Crippen MR) is 134 cm³/mol. The number of ether oxygens (including phenoxy) is 1. The van der Waals surface area contributed by atoms with E-state index in [-0.39, 0.29) is 0 Å². The van der Waals surface area contributed by atoms with E-state index in [1.54, 1.807) is 0 Å². The first-order valence-corrected chi connectivity index (χ1v) is 11.5. The molecule has 5 aromatic rings. The molecule has 158 valence electrons. The van der Waals surface area contributed by atoms with E-state index in [4.69, 9.17) is 4.74 Å². The molecule has 2 heterocycles. The summed E-state index contributed by atoms with van der Waals surface area (Å²) in [7, 11) is 2.16. The number of fused-ring (bicyclic) bond motifs is 5. The fraction of sp³-hybridized carbons (Fsp3) is 0.233. The zero-order chi connectivity index (χ0) is 22.1.